The molecule has 1 aromatic rings. The summed E-state index contributed by atoms with van der Waals surface area (Å²) in [5.74, 6) is -1.36. The van der Waals surface area contributed by atoms with Crippen LogP contribution in [0, 0.1) is 5.82 Å². The molecule has 0 bridgehead atoms. The molecule has 0 saturated carbocycles. The Morgan fingerprint density at radius 1 is 1.25 bits per heavy atom. The highest BCUT2D eigenvalue weighted by molar-refractivity contribution is 6.09. The molecular formula is C17H22FN3O3. The molecule has 1 fully saturated rings. The molecule has 0 spiro atoms. The van der Waals surface area contributed by atoms with Gasteiger partial charge in [-0.15, -0.1) is 0 Å². The Balaban J connectivity index is 2.26. The SMILES string of the molecule is CC[C@]1(c2ccc(F)cc2)NC(=O)N(CC(=O)NC(C)(C)C)C1=O. The lowest BCUT2D eigenvalue weighted by molar-refractivity contribution is -0.135. The predicted molar refractivity (Wildman–Crippen MR) is 86.5 cm³/mol. The van der Waals surface area contributed by atoms with Gasteiger partial charge in [0.15, 0.2) is 0 Å². The third-order valence-corrected chi connectivity index (χ3v) is 3.86. The number of amides is 4. The predicted octanol–water partition coefficient (Wildman–Crippen LogP) is 1.90. The fourth-order valence-corrected chi connectivity index (χ4v) is 2.74. The van der Waals surface area contributed by atoms with E-state index in [-0.39, 0.29) is 6.54 Å². The van der Waals surface area contributed by atoms with Crippen molar-refractivity contribution in [1.82, 2.24) is 15.5 Å². The Morgan fingerprint density at radius 3 is 2.33 bits per heavy atom. The second-order valence-corrected chi connectivity index (χ2v) is 6.89. The summed E-state index contributed by atoms with van der Waals surface area (Å²) >= 11 is 0. The van der Waals surface area contributed by atoms with Crippen molar-refractivity contribution in [2.75, 3.05) is 6.54 Å². The van der Waals surface area contributed by atoms with E-state index >= 15 is 0 Å². The maximum atomic E-state index is 13.1. The van der Waals surface area contributed by atoms with E-state index in [2.05, 4.69) is 10.6 Å². The average Bonchev–Trinajstić information content (AvgIpc) is 2.71. The molecular weight excluding hydrogens is 313 g/mol. The number of benzene rings is 1. The number of carbonyl (C=O) groups excluding carboxylic acids is 3. The Bertz CT molecular complexity index is 667. The van der Waals surface area contributed by atoms with E-state index in [1.54, 1.807) is 6.92 Å². The summed E-state index contributed by atoms with van der Waals surface area (Å²) in [5, 5.41) is 5.37. The average molecular weight is 335 g/mol. The molecule has 1 saturated heterocycles. The maximum absolute atomic E-state index is 13.1. The van der Waals surface area contributed by atoms with Gasteiger partial charge in [-0.25, -0.2) is 9.18 Å². The van der Waals surface area contributed by atoms with Gasteiger partial charge in [-0.2, -0.15) is 0 Å². The number of nitrogens with one attached hydrogen (secondary N) is 2. The normalized spacial score (nSPS) is 21.0. The highest BCUT2D eigenvalue weighted by Crippen LogP contribution is 2.32. The summed E-state index contributed by atoms with van der Waals surface area (Å²) in [6.07, 6.45) is 0.292. The smallest absolute Gasteiger partial charge is 0.325 e. The number of urea groups is 1. The Hall–Kier alpha value is -2.44. The molecule has 4 amide bonds. The van der Waals surface area contributed by atoms with Crippen LogP contribution in [0.4, 0.5) is 9.18 Å². The number of halogens is 1. The quantitative estimate of drug-likeness (QED) is 0.825. The first kappa shape index (κ1) is 17.9. The van der Waals surface area contributed by atoms with Gasteiger partial charge < -0.3 is 10.6 Å². The van der Waals surface area contributed by atoms with Crippen LogP contribution in [-0.2, 0) is 15.1 Å². The molecule has 1 atom stereocenters. The second kappa shape index (κ2) is 6.22. The van der Waals surface area contributed by atoms with Crippen molar-refractivity contribution in [1.29, 1.82) is 0 Å². The summed E-state index contributed by atoms with van der Waals surface area (Å²) in [6, 6.07) is 4.78. The van der Waals surface area contributed by atoms with Crippen LogP contribution in [0.15, 0.2) is 24.3 Å². The highest BCUT2D eigenvalue weighted by atomic mass is 19.1. The molecule has 0 radical (unpaired) electrons. The van der Waals surface area contributed by atoms with E-state index in [0.29, 0.717) is 12.0 Å². The van der Waals surface area contributed by atoms with Gasteiger partial charge in [0.1, 0.15) is 17.9 Å². The molecule has 1 aromatic carbocycles. The molecule has 6 nitrogen and oxygen atoms in total. The number of hydrogen-bond acceptors (Lipinski definition) is 3. The number of carbonyl (C=O) groups is 3. The lowest BCUT2D eigenvalue weighted by Crippen LogP contribution is -2.48. The van der Waals surface area contributed by atoms with Crippen molar-refractivity contribution in [3.63, 3.8) is 0 Å². The number of hydrogen-bond donors (Lipinski definition) is 2. The Morgan fingerprint density at radius 2 is 1.83 bits per heavy atom. The topological polar surface area (TPSA) is 78.5 Å². The molecule has 0 aromatic heterocycles. The van der Waals surface area contributed by atoms with Gasteiger partial charge in [0.05, 0.1) is 0 Å². The van der Waals surface area contributed by atoms with Crippen LogP contribution in [0.2, 0.25) is 0 Å². The van der Waals surface area contributed by atoms with Crippen LogP contribution < -0.4 is 10.6 Å². The van der Waals surface area contributed by atoms with Gasteiger partial charge in [-0.3, -0.25) is 14.5 Å². The molecule has 1 aliphatic heterocycles. The lowest BCUT2D eigenvalue weighted by atomic mass is 9.87. The Labute approximate surface area is 140 Å². The van der Waals surface area contributed by atoms with Gasteiger partial charge in [0.2, 0.25) is 5.91 Å². The van der Waals surface area contributed by atoms with Crippen molar-refractivity contribution in [3.8, 4) is 0 Å². The summed E-state index contributed by atoms with van der Waals surface area (Å²) < 4.78 is 13.1. The van der Waals surface area contributed by atoms with Crippen LogP contribution in [0.3, 0.4) is 0 Å². The van der Waals surface area contributed by atoms with Gasteiger partial charge >= 0.3 is 6.03 Å². The summed E-state index contributed by atoms with van der Waals surface area (Å²) in [4.78, 5) is 38.0. The molecule has 2 rings (SSSR count). The lowest BCUT2D eigenvalue weighted by Gasteiger charge is -2.26. The second-order valence-electron chi connectivity index (χ2n) is 6.89. The van der Waals surface area contributed by atoms with E-state index in [9.17, 15) is 18.8 Å². The molecule has 1 heterocycles. The minimum atomic E-state index is -1.27. The van der Waals surface area contributed by atoms with Crippen LogP contribution in [0.1, 0.15) is 39.7 Å². The third-order valence-electron chi connectivity index (χ3n) is 3.86. The van der Waals surface area contributed by atoms with E-state index in [0.717, 1.165) is 4.90 Å². The van der Waals surface area contributed by atoms with Crippen molar-refractivity contribution >= 4 is 17.8 Å². The van der Waals surface area contributed by atoms with Crippen molar-refractivity contribution < 1.29 is 18.8 Å². The fraction of sp³-hybridized carbons (Fsp3) is 0.471. The zero-order chi connectivity index (χ0) is 18.1. The first-order valence-electron chi connectivity index (χ1n) is 7.80. The van der Waals surface area contributed by atoms with Crippen LogP contribution in [0.25, 0.3) is 0 Å². The summed E-state index contributed by atoms with van der Waals surface area (Å²) in [6.45, 7) is 6.83. The third kappa shape index (κ3) is 3.39. The van der Waals surface area contributed by atoms with Crippen LogP contribution in [0.5, 0.6) is 0 Å². The molecule has 2 N–H and O–H groups in total. The number of rotatable bonds is 4. The van der Waals surface area contributed by atoms with Gasteiger partial charge in [-0.05, 0) is 44.9 Å². The van der Waals surface area contributed by atoms with Crippen LogP contribution in [-0.4, -0.2) is 34.8 Å². The zero-order valence-electron chi connectivity index (χ0n) is 14.3. The van der Waals surface area contributed by atoms with Crippen LogP contribution >= 0.6 is 0 Å². The molecule has 24 heavy (non-hydrogen) atoms. The first-order chi connectivity index (χ1) is 11.1. The monoisotopic (exact) mass is 335 g/mol. The van der Waals surface area contributed by atoms with E-state index in [1.165, 1.54) is 24.3 Å². The van der Waals surface area contributed by atoms with Gasteiger partial charge in [0, 0.05) is 5.54 Å². The Kier molecular flexibility index (Phi) is 4.64. The van der Waals surface area contributed by atoms with Crippen molar-refractivity contribution in [2.24, 2.45) is 0 Å². The minimum Gasteiger partial charge on any atom is -0.350 e. The zero-order valence-corrected chi connectivity index (χ0v) is 14.3. The maximum Gasteiger partial charge on any atom is 0.325 e. The van der Waals surface area contributed by atoms with Gasteiger partial charge in [0.25, 0.3) is 5.91 Å². The first-order valence-corrected chi connectivity index (χ1v) is 7.80. The molecule has 130 valence electrons. The van der Waals surface area contributed by atoms with E-state index in [1.807, 2.05) is 20.8 Å². The standard InChI is InChI=1S/C17H22FN3O3/c1-5-17(11-6-8-12(18)9-7-11)14(23)21(15(24)20-17)10-13(22)19-16(2,3)4/h6-9H,5,10H2,1-4H3,(H,19,22)(H,20,24)/t17-/m1/s1. The minimum absolute atomic E-state index is 0.292. The fourth-order valence-electron chi connectivity index (χ4n) is 2.74. The van der Waals surface area contributed by atoms with E-state index < -0.39 is 34.7 Å². The number of imide groups is 1. The van der Waals surface area contributed by atoms with Gasteiger partial charge in [-0.1, -0.05) is 19.1 Å². The molecule has 1 aliphatic rings. The van der Waals surface area contributed by atoms with Crippen molar-refractivity contribution in [2.45, 2.75) is 45.2 Å². The molecule has 0 unspecified atom stereocenters. The molecule has 0 aliphatic carbocycles. The molecule has 7 heteroatoms. The van der Waals surface area contributed by atoms with Crippen molar-refractivity contribution in [3.05, 3.63) is 35.6 Å². The largest absolute Gasteiger partial charge is 0.350 e. The summed E-state index contributed by atoms with van der Waals surface area (Å²) in [7, 11) is 0. The highest BCUT2D eigenvalue weighted by Gasteiger charge is 2.51. The van der Waals surface area contributed by atoms with E-state index in [4.69, 9.17) is 0 Å². The summed E-state index contributed by atoms with van der Waals surface area (Å²) in [5.41, 5.74) is -1.24. The number of nitrogens with zero attached hydrogens (tertiary/aromatic N) is 1.